The molecule has 9 heteroatoms. The van der Waals surface area contributed by atoms with E-state index >= 15 is 0 Å². The first-order valence-corrected chi connectivity index (χ1v) is 9.16. The Morgan fingerprint density at radius 3 is 2.93 bits per heavy atom. The van der Waals surface area contributed by atoms with Gasteiger partial charge in [-0.05, 0) is 37.6 Å². The number of hydrogen-bond acceptors (Lipinski definition) is 6. The van der Waals surface area contributed by atoms with Crippen LogP contribution in [0.3, 0.4) is 0 Å². The normalized spacial score (nSPS) is 19.5. The zero-order valence-electron chi connectivity index (χ0n) is 15.1. The summed E-state index contributed by atoms with van der Waals surface area (Å²) in [7, 11) is 0. The van der Waals surface area contributed by atoms with Crippen molar-refractivity contribution in [2.75, 3.05) is 10.6 Å². The molecule has 1 aliphatic rings. The van der Waals surface area contributed by atoms with Crippen molar-refractivity contribution in [2.45, 2.75) is 31.5 Å². The number of alkyl halides is 1. The minimum atomic E-state index is -0.760. The Morgan fingerprint density at radius 1 is 1.18 bits per heavy atom. The maximum atomic E-state index is 13.2. The third-order valence-corrected chi connectivity index (χ3v) is 4.84. The van der Waals surface area contributed by atoms with Crippen LogP contribution in [0.25, 0.3) is 11.0 Å². The standard InChI is InChI=1S/C19H19FN8/c1-10(13-2-3-14-15(24-13)4-6-21-14)23-19-22-7-5-17(26-19)25-18-9-16(27-28-18)11-8-12(11)20/h2-7,9-12,21H,8H2,1H3,(H3,22,23,25,26,27,28)/t10-,11+,12-/m0/s1. The SMILES string of the molecule is C[C@H](Nc1nccc(Nc2cc([C@@H]3C[C@@H]3F)[nH]n2)n1)c1ccc2[nH]ccc2n1. The van der Waals surface area contributed by atoms with Crippen LogP contribution in [0, 0.1) is 0 Å². The molecular formula is C19H19FN8. The van der Waals surface area contributed by atoms with Crippen molar-refractivity contribution in [3.05, 3.63) is 54.1 Å². The lowest BCUT2D eigenvalue weighted by molar-refractivity contribution is 0.466. The summed E-state index contributed by atoms with van der Waals surface area (Å²) in [5, 5.41) is 13.4. The number of H-pyrrole nitrogens is 2. The predicted molar refractivity (Wildman–Crippen MR) is 104 cm³/mol. The average Bonchev–Trinajstić information content (AvgIpc) is 3.09. The quantitative estimate of drug-likeness (QED) is 0.406. The van der Waals surface area contributed by atoms with E-state index in [4.69, 9.17) is 0 Å². The molecule has 28 heavy (non-hydrogen) atoms. The first kappa shape index (κ1) is 16.7. The van der Waals surface area contributed by atoms with Gasteiger partial charge in [-0.15, -0.1) is 0 Å². The summed E-state index contributed by atoms with van der Waals surface area (Å²) in [4.78, 5) is 16.5. The summed E-state index contributed by atoms with van der Waals surface area (Å²) in [6, 6.07) is 9.42. The molecule has 8 nitrogen and oxygen atoms in total. The molecule has 0 saturated heterocycles. The Balaban J connectivity index is 1.29. The molecule has 5 rings (SSSR count). The van der Waals surface area contributed by atoms with Crippen molar-refractivity contribution >= 4 is 28.6 Å². The fraction of sp³-hybridized carbons (Fsp3) is 0.263. The number of nitrogens with one attached hydrogen (secondary N) is 4. The second kappa shape index (κ2) is 6.59. The fourth-order valence-corrected chi connectivity index (χ4v) is 3.16. The molecule has 1 fully saturated rings. The second-order valence-electron chi connectivity index (χ2n) is 6.97. The first-order chi connectivity index (χ1) is 13.7. The maximum absolute atomic E-state index is 13.2. The molecule has 4 aromatic heterocycles. The van der Waals surface area contributed by atoms with Gasteiger partial charge in [0.25, 0.3) is 0 Å². The summed E-state index contributed by atoms with van der Waals surface area (Å²) in [5.41, 5.74) is 3.63. The molecular weight excluding hydrogens is 359 g/mol. The van der Waals surface area contributed by atoms with E-state index in [1.165, 1.54) is 0 Å². The number of aromatic amines is 2. The molecule has 4 aromatic rings. The molecule has 0 spiro atoms. The highest BCUT2D eigenvalue weighted by atomic mass is 19.1. The fourth-order valence-electron chi connectivity index (χ4n) is 3.16. The Bertz CT molecular complexity index is 1120. The summed E-state index contributed by atoms with van der Waals surface area (Å²) in [5.74, 6) is 1.63. The molecule has 0 aromatic carbocycles. The lowest BCUT2D eigenvalue weighted by Gasteiger charge is -2.14. The molecule has 4 N–H and O–H groups in total. The molecule has 142 valence electrons. The van der Waals surface area contributed by atoms with E-state index in [0.717, 1.165) is 22.4 Å². The van der Waals surface area contributed by atoms with Crippen LogP contribution in [0.15, 0.2) is 42.7 Å². The van der Waals surface area contributed by atoms with Gasteiger partial charge in [-0.2, -0.15) is 10.1 Å². The van der Waals surface area contributed by atoms with Crippen LogP contribution in [0.1, 0.15) is 36.7 Å². The van der Waals surface area contributed by atoms with Gasteiger partial charge in [-0.3, -0.25) is 5.10 Å². The third kappa shape index (κ3) is 3.26. The zero-order valence-corrected chi connectivity index (χ0v) is 15.1. The van der Waals surface area contributed by atoms with Gasteiger partial charge in [0.1, 0.15) is 12.0 Å². The number of hydrogen-bond donors (Lipinski definition) is 4. The Labute approximate surface area is 160 Å². The van der Waals surface area contributed by atoms with Gasteiger partial charge >= 0.3 is 0 Å². The molecule has 0 unspecified atom stereocenters. The van der Waals surface area contributed by atoms with Gasteiger partial charge in [0.05, 0.1) is 22.8 Å². The lowest BCUT2D eigenvalue weighted by Crippen LogP contribution is -2.11. The van der Waals surface area contributed by atoms with Crippen molar-refractivity contribution in [2.24, 2.45) is 0 Å². The third-order valence-electron chi connectivity index (χ3n) is 4.84. The first-order valence-electron chi connectivity index (χ1n) is 9.16. The molecule has 0 aliphatic heterocycles. The molecule has 1 aliphatic carbocycles. The van der Waals surface area contributed by atoms with E-state index in [9.17, 15) is 4.39 Å². The summed E-state index contributed by atoms with van der Waals surface area (Å²) >= 11 is 0. The molecule has 1 saturated carbocycles. The predicted octanol–water partition coefficient (Wildman–Crippen LogP) is 3.82. The molecule has 0 amide bonds. The van der Waals surface area contributed by atoms with E-state index in [2.05, 4.69) is 40.8 Å². The monoisotopic (exact) mass is 378 g/mol. The highest BCUT2D eigenvalue weighted by Gasteiger charge is 2.40. The Hall–Kier alpha value is -3.49. The molecule has 0 radical (unpaired) electrons. The van der Waals surface area contributed by atoms with Crippen molar-refractivity contribution in [3.63, 3.8) is 0 Å². The summed E-state index contributed by atoms with van der Waals surface area (Å²) < 4.78 is 13.2. The van der Waals surface area contributed by atoms with Gasteiger partial charge in [-0.25, -0.2) is 14.4 Å². The van der Waals surface area contributed by atoms with Crippen LogP contribution in [0.5, 0.6) is 0 Å². The molecule has 3 atom stereocenters. The highest BCUT2D eigenvalue weighted by Crippen LogP contribution is 2.43. The van der Waals surface area contributed by atoms with Crippen molar-refractivity contribution in [3.8, 4) is 0 Å². The van der Waals surface area contributed by atoms with Gasteiger partial charge in [0, 0.05) is 30.1 Å². The number of pyridine rings is 1. The van der Waals surface area contributed by atoms with Gasteiger partial charge in [0.15, 0.2) is 5.82 Å². The van der Waals surface area contributed by atoms with Crippen LogP contribution >= 0.6 is 0 Å². The lowest BCUT2D eigenvalue weighted by atomic mass is 10.2. The van der Waals surface area contributed by atoms with Crippen molar-refractivity contribution < 1.29 is 4.39 Å². The minimum absolute atomic E-state index is 0.0589. The summed E-state index contributed by atoms with van der Waals surface area (Å²) in [6.45, 7) is 2.01. The van der Waals surface area contributed by atoms with Crippen molar-refractivity contribution in [1.29, 1.82) is 0 Å². The number of aromatic nitrogens is 6. The number of rotatable bonds is 6. The topological polar surface area (TPSA) is 107 Å². The Morgan fingerprint density at radius 2 is 2.07 bits per heavy atom. The smallest absolute Gasteiger partial charge is 0.225 e. The van der Waals surface area contributed by atoms with E-state index in [-0.39, 0.29) is 12.0 Å². The number of fused-ring (bicyclic) bond motifs is 1. The Kier molecular flexibility index (Phi) is 3.92. The van der Waals surface area contributed by atoms with Gasteiger partial charge < -0.3 is 15.6 Å². The van der Waals surface area contributed by atoms with E-state index < -0.39 is 6.17 Å². The second-order valence-corrected chi connectivity index (χ2v) is 6.97. The van der Waals surface area contributed by atoms with Gasteiger partial charge in [0.2, 0.25) is 5.95 Å². The minimum Gasteiger partial charge on any atom is -0.360 e. The largest absolute Gasteiger partial charge is 0.360 e. The van der Waals surface area contributed by atoms with E-state index in [1.807, 2.05) is 37.4 Å². The van der Waals surface area contributed by atoms with Gasteiger partial charge in [-0.1, -0.05) is 0 Å². The number of nitrogens with zero attached hydrogens (tertiary/aromatic N) is 4. The highest BCUT2D eigenvalue weighted by molar-refractivity contribution is 5.74. The average molecular weight is 378 g/mol. The molecule has 4 heterocycles. The van der Waals surface area contributed by atoms with Crippen LogP contribution in [0.2, 0.25) is 0 Å². The maximum Gasteiger partial charge on any atom is 0.225 e. The number of anilines is 3. The van der Waals surface area contributed by atoms with Crippen LogP contribution < -0.4 is 10.6 Å². The number of halogens is 1. The molecule has 0 bridgehead atoms. The van der Waals surface area contributed by atoms with E-state index in [1.54, 1.807) is 12.3 Å². The van der Waals surface area contributed by atoms with E-state index in [0.29, 0.717) is 24.0 Å². The van der Waals surface area contributed by atoms with Crippen molar-refractivity contribution in [1.82, 2.24) is 30.1 Å². The van der Waals surface area contributed by atoms with Crippen LogP contribution in [0.4, 0.5) is 22.0 Å². The van der Waals surface area contributed by atoms with Crippen LogP contribution in [-0.4, -0.2) is 36.3 Å². The zero-order chi connectivity index (χ0) is 19.1. The van der Waals surface area contributed by atoms with Crippen LogP contribution in [-0.2, 0) is 0 Å². The summed E-state index contributed by atoms with van der Waals surface area (Å²) in [6.07, 6.45) is 3.33.